The zero-order valence-electron chi connectivity index (χ0n) is 10.0. The highest BCUT2D eigenvalue weighted by Gasteiger charge is 2.18. The molecule has 0 unspecified atom stereocenters. The SMILES string of the molecule is CNCCCN(C)S(=O)(=O)CCC(=O)OC. The van der Waals surface area contributed by atoms with Crippen molar-refractivity contribution in [2.75, 3.05) is 40.0 Å². The lowest BCUT2D eigenvalue weighted by Crippen LogP contribution is -2.32. The van der Waals surface area contributed by atoms with Crippen LogP contribution < -0.4 is 5.32 Å². The van der Waals surface area contributed by atoms with Crippen molar-refractivity contribution in [1.29, 1.82) is 0 Å². The van der Waals surface area contributed by atoms with Gasteiger partial charge in [-0.25, -0.2) is 12.7 Å². The minimum absolute atomic E-state index is 0.102. The first-order valence-corrected chi connectivity index (χ1v) is 6.70. The Balaban J connectivity index is 4.05. The summed E-state index contributed by atoms with van der Waals surface area (Å²) in [7, 11) is 1.23. The molecule has 0 aliphatic rings. The van der Waals surface area contributed by atoms with Crippen LogP contribution in [-0.4, -0.2) is 58.7 Å². The molecule has 7 heteroatoms. The molecule has 1 N–H and O–H groups in total. The number of hydrogen-bond donors (Lipinski definition) is 1. The average Bonchev–Trinajstić information content (AvgIpc) is 2.26. The molecule has 0 saturated carbocycles. The van der Waals surface area contributed by atoms with E-state index in [0.717, 1.165) is 13.0 Å². The summed E-state index contributed by atoms with van der Waals surface area (Å²) < 4.78 is 28.9. The number of methoxy groups -OCH3 is 1. The van der Waals surface area contributed by atoms with Crippen LogP contribution in [-0.2, 0) is 19.6 Å². The molecule has 0 aromatic rings. The second-order valence-electron chi connectivity index (χ2n) is 3.42. The Morgan fingerprint density at radius 2 is 2.06 bits per heavy atom. The molecule has 0 aliphatic heterocycles. The van der Waals surface area contributed by atoms with E-state index < -0.39 is 16.0 Å². The molecule has 0 atom stereocenters. The highest BCUT2D eigenvalue weighted by Crippen LogP contribution is 2.02. The van der Waals surface area contributed by atoms with Gasteiger partial charge in [-0.1, -0.05) is 0 Å². The molecule has 0 spiro atoms. The number of esters is 1. The Kier molecular flexibility index (Phi) is 7.27. The Morgan fingerprint density at radius 3 is 2.56 bits per heavy atom. The summed E-state index contributed by atoms with van der Waals surface area (Å²) in [6.45, 7) is 1.21. The smallest absolute Gasteiger partial charge is 0.306 e. The normalized spacial score (nSPS) is 11.8. The Hall–Kier alpha value is -0.660. The first-order valence-electron chi connectivity index (χ1n) is 5.09. The maximum absolute atomic E-state index is 11.6. The van der Waals surface area contributed by atoms with Crippen molar-refractivity contribution in [2.45, 2.75) is 12.8 Å². The number of carbonyl (C=O) groups excluding carboxylic acids is 1. The van der Waals surface area contributed by atoms with Crippen molar-refractivity contribution in [3.63, 3.8) is 0 Å². The number of hydrogen-bond acceptors (Lipinski definition) is 5. The lowest BCUT2D eigenvalue weighted by Gasteiger charge is -2.16. The first kappa shape index (κ1) is 15.3. The molecule has 0 saturated heterocycles. The summed E-state index contributed by atoms with van der Waals surface area (Å²) in [5, 5.41) is 2.94. The van der Waals surface area contributed by atoms with Gasteiger partial charge in [0.05, 0.1) is 19.3 Å². The molecule has 0 amide bonds. The Bertz CT molecular complexity index is 303. The fourth-order valence-electron chi connectivity index (χ4n) is 1.09. The van der Waals surface area contributed by atoms with Gasteiger partial charge in [0, 0.05) is 13.6 Å². The van der Waals surface area contributed by atoms with Gasteiger partial charge >= 0.3 is 5.97 Å². The van der Waals surface area contributed by atoms with E-state index in [1.807, 2.05) is 7.05 Å². The van der Waals surface area contributed by atoms with Gasteiger partial charge in [0.1, 0.15) is 0 Å². The predicted molar refractivity (Wildman–Crippen MR) is 61.6 cm³/mol. The quantitative estimate of drug-likeness (QED) is 0.462. The number of nitrogens with one attached hydrogen (secondary N) is 1. The number of sulfonamides is 1. The average molecular weight is 252 g/mol. The van der Waals surface area contributed by atoms with Crippen LogP contribution in [0, 0.1) is 0 Å². The summed E-state index contributed by atoms with van der Waals surface area (Å²) in [6, 6.07) is 0. The summed E-state index contributed by atoms with van der Waals surface area (Å²) in [6.07, 6.45) is 0.639. The van der Waals surface area contributed by atoms with Gasteiger partial charge in [0.2, 0.25) is 10.0 Å². The Labute approximate surface area is 97.0 Å². The molecular formula is C9H20N2O4S. The third-order valence-electron chi connectivity index (χ3n) is 2.17. The molecule has 16 heavy (non-hydrogen) atoms. The van der Waals surface area contributed by atoms with Crippen molar-refractivity contribution in [2.24, 2.45) is 0 Å². The number of carbonyl (C=O) groups is 1. The van der Waals surface area contributed by atoms with Gasteiger partial charge in [-0.2, -0.15) is 0 Å². The van der Waals surface area contributed by atoms with Crippen molar-refractivity contribution in [3.8, 4) is 0 Å². The minimum atomic E-state index is -3.34. The van der Waals surface area contributed by atoms with Crippen LogP contribution in [0.3, 0.4) is 0 Å². The summed E-state index contributed by atoms with van der Waals surface area (Å²) in [5.74, 6) is -0.706. The number of rotatable bonds is 8. The van der Waals surface area contributed by atoms with Crippen LogP contribution in [0.1, 0.15) is 12.8 Å². The Morgan fingerprint density at radius 1 is 1.44 bits per heavy atom. The van der Waals surface area contributed by atoms with Gasteiger partial charge < -0.3 is 10.1 Å². The third-order valence-corrected chi connectivity index (χ3v) is 4.02. The maximum atomic E-state index is 11.6. The van der Waals surface area contributed by atoms with Crippen LogP contribution in [0.5, 0.6) is 0 Å². The van der Waals surface area contributed by atoms with Crippen molar-refractivity contribution in [3.05, 3.63) is 0 Å². The fourth-order valence-corrected chi connectivity index (χ4v) is 2.23. The summed E-state index contributed by atoms with van der Waals surface area (Å²) >= 11 is 0. The molecule has 6 nitrogen and oxygen atoms in total. The molecule has 0 aromatic carbocycles. The first-order chi connectivity index (χ1) is 7.44. The zero-order valence-corrected chi connectivity index (χ0v) is 10.8. The van der Waals surface area contributed by atoms with E-state index in [-0.39, 0.29) is 12.2 Å². The van der Waals surface area contributed by atoms with E-state index in [4.69, 9.17) is 0 Å². The van der Waals surface area contributed by atoms with Crippen molar-refractivity contribution < 1.29 is 17.9 Å². The number of ether oxygens (including phenoxy) is 1. The van der Waals surface area contributed by atoms with E-state index in [9.17, 15) is 13.2 Å². The topological polar surface area (TPSA) is 75.7 Å². The molecular weight excluding hydrogens is 232 g/mol. The van der Waals surface area contributed by atoms with Crippen molar-refractivity contribution >= 4 is 16.0 Å². The van der Waals surface area contributed by atoms with Gasteiger partial charge in [-0.15, -0.1) is 0 Å². The maximum Gasteiger partial charge on any atom is 0.306 e. The van der Waals surface area contributed by atoms with E-state index in [0.29, 0.717) is 6.54 Å². The number of nitrogens with zero attached hydrogens (tertiary/aromatic N) is 1. The van der Waals surface area contributed by atoms with E-state index in [1.54, 1.807) is 0 Å². The minimum Gasteiger partial charge on any atom is -0.469 e. The van der Waals surface area contributed by atoms with Crippen LogP contribution in [0.2, 0.25) is 0 Å². The van der Waals surface area contributed by atoms with E-state index in [2.05, 4.69) is 10.1 Å². The van der Waals surface area contributed by atoms with Crippen molar-refractivity contribution in [1.82, 2.24) is 9.62 Å². The lowest BCUT2D eigenvalue weighted by atomic mass is 10.4. The lowest BCUT2D eigenvalue weighted by molar-refractivity contribution is -0.140. The predicted octanol–water partition coefficient (Wildman–Crippen LogP) is -0.579. The van der Waals surface area contributed by atoms with Crippen LogP contribution in [0.25, 0.3) is 0 Å². The van der Waals surface area contributed by atoms with Gasteiger partial charge in [0.15, 0.2) is 0 Å². The highest BCUT2D eigenvalue weighted by molar-refractivity contribution is 7.89. The fraction of sp³-hybridized carbons (Fsp3) is 0.889. The monoisotopic (exact) mass is 252 g/mol. The third kappa shape index (κ3) is 6.04. The van der Waals surface area contributed by atoms with Crippen LogP contribution >= 0.6 is 0 Å². The second kappa shape index (κ2) is 7.59. The summed E-state index contributed by atoms with van der Waals surface area (Å²) in [4.78, 5) is 10.8. The van der Waals surface area contributed by atoms with Gasteiger partial charge in [0.25, 0.3) is 0 Å². The van der Waals surface area contributed by atoms with E-state index >= 15 is 0 Å². The summed E-state index contributed by atoms with van der Waals surface area (Å²) in [5.41, 5.74) is 0. The molecule has 0 aliphatic carbocycles. The zero-order chi connectivity index (χ0) is 12.6. The molecule has 96 valence electrons. The molecule has 0 heterocycles. The molecule has 0 radical (unpaired) electrons. The largest absolute Gasteiger partial charge is 0.469 e. The highest BCUT2D eigenvalue weighted by atomic mass is 32.2. The molecule has 0 bridgehead atoms. The van der Waals surface area contributed by atoms with Crippen LogP contribution in [0.4, 0.5) is 0 Å². The molecule has 0 aromatic heterocycles. The van der Waals surface area contributed by atoms with E-state index in [1.165, 1.54) is 18.5 Å². The molecule has 0 fully saturated rings. The van der Waals surface area contributed by atoms with Crippen LogP contribution in [0.15, 0.2) is 0 Å². The van der Waals surface area contributed by atoms with Gasteiger partial charge in [-0.05, 0) is 20.0 Å². The standard InChI is InChI=1S/C9H20N2O4S/c1-10-6-4-7-11(2)16(13,14)8-5-9(12)15-3/h10H,4-8H2,1-3H3. The molecule has 0 rings (SSSR count). The van der Waals surface area contributed by atoms with Gasteiger partial charge in [-0.3, -0.25) is 4.79 Å². The second-order valence-corrected chi connectivity index (χ2v) is 5.62.